The van der Waals surface area contributed by atoms with E-state index in [1.54, 1.807) is 7.11 Å². The summed E-state index contributed by atoms with van der Waals surface area (Å²) >= 11 is 1.82. The van der Waals surface area contributed by atoms with Crippen LogP contribution >= 0.6 is 11.3 Å². The van der Waals surface area contributed by atoms with Gasteiger partial charge in [0, 0.05) is 25.0 Å². The molecule has 1 unspecified atom stereocenters. The van der Waals surface area contributed by atoms with Gasteiger partial charge in [-0.3, -0.25) is 0 Å². The van der Waals surface area contributed by atoms with E-state index < -0.39 is 0 Å². The third kappa shape index (κ3) is 4.74. The van der Waals surface area contributed by atoms with Gasteiger partial charge < -0.3 is 10.1 Å². The fourth-order valence-corrected chi connectivity index (χ4v) is 2.89. The second kappa shape index (κ2) is 7.80. The molecule has 0 fully saturated rings. The fourth-order valence-electron chi connectivity index (χ4n) is 1.65. The van der Waals surface area contributed by atoms with E-state index in [-0.39, 0.29) is 6.10 Å². The molecular weight excluding hydrogens is 232 g/mol. The molecule has 0 bridgehead atoms. The molecule has 98 valence electrons. The molecule has 4 heteroatoms. The second-order valence-corrected chi connectivity index (χ2v) is 5.43. The van der Waals surface area contributed by atoms with Gasteiger partial charge in [0.2, 0.25) is 0 Å². The van der Waals surface area contributed by atoms with Crippen LogP contribution in [0.4, 0.5) is 0 Å². The molecule has 0 saturated heterocycles. The van der Waals surface area contributed by atoms with E-state index in [1.807, 2.05) is 11.3 Å². The van der Waals surface area contributed by atoms with Gasteiger partial charge in [-0.2, -0.15) is 0 Å². The molecule has 0 amide bonds. The molecule has 0 aromatic carbocycles. The maximum absolute atomic E-state index is 5.29. The first-order valence-electron chi connectivity index (χ1n) is 6.42. The van der Waals surface area contributed by atoms with Crippen LogP contribution in [-0.4, -0.2) is 24.7 Å². The number of rotatable bonds is 8. The Kier molecular flexibility index (Phi) is 6.70. The Hall–Kier alpha value is -0.450. The molecule has 1 heterocycles. The summed E-state index contributed by atoms with van der Waals surface area (Å²) < 4.78 is 5.29. The van der Waals surface area contributed by atoms with Crippen molar-refractivity contribution in [1.29, 1.82) is 0 Å². The van der Waals surface area contributed by atoms with Crippen LogP contribution < -0.4 is 5.32 Å². The molecule has 0 aliphatic heterocycles. The first-order chi connectivity index (χ1) is 8.21. The monoisotopic (exact) mass is 256 g/mol. The Labute approximate surface area is 109 Å². The number of methoxy groups -OCH3 is 1. The summed E-state index contributed by atoms with van der Waals surface area (Å²) in [6, 6.07) is 0. The molecule has 1 atom stereocenters. The van der Waals surface area contributed by atoms with Crippen LogP contribution in [0.15, 0.2) is 0 Å². The average molecular weight is 256 g/mol. The molecule has 0 spiro atoms. The molecule has 1 aromatic heterocycles. The van der Waals surface area contributed by atoms with Crippen molar-refractivity contribution in [1.82, 2.24) is 10.3 Å². The highest BCUT2D eigenvalue weighted by Gasteiger charge is 2.11. The first-order valence-corrected chi connectivity index (χ1v) is 7.23. The second-order valence-electron chi connectivity index (χ2n) is 4.26. The predicted molar refractivity (Wildman–Crippen MR) is 73.7 cm³/mol. The average Bonchev–Trinajstić information content (AvgIpc) is 2.71. The van der Waals surface area contributed by atoms with Crippen molar-refractivity contribution >= 4 is 11.3 Å². The Morgan fingerprint density at radius 1 is 1.41 bits per heavy atom. The molecule has 0 radical (unpaired) electrons. The van der Waals surface area contributed by atoms with Crippen molar-refractivity contribution in [3.63, 3.8) is 0 Å². The normalized spacial score (nSPS) is 12.9. The van der Waals surface area contributed by atoms with Crippen LogP contribution in [0.5, 0.6) is 0 Å². The molecule has 3 nitrogen and oxygen atoms in total. The van der Waals surface area contributed by atoms with Crippen molar-refractivity contribution < 1.29 is 4.74 Å². The lowest BCUT2D eigenvalue weighted by Gasteiger charge is -2.05. The van der Waals surface area contributed by atoms with Gasteiger partial charge in [-0.15, -0.1) is 11.3 Å². The van der Waals surface area contributed by atoms with Crippen LogP contribution in [0.1, 0.15) is 42.8 Å². The lowest BCUT2D eigenvalue weighted by molar-refractivity contribution is 0.118. The van der Waals surface area contributed by atoms with Crippen molar-refractivity contribution in [3.05, 3.63) is 15.6 Å². The van der Waals surface area contributed by atoms with Crippen LogP contribution in [0, 0.1) is 0 Å². The fraction of sp³-hybridized carbons (Fsp3) is 0.769. The van der Waals surface area contributed by atoms with Crippen molar-refractivity contribution in [2.75, 3.05) is 13.7 Å². The van der Waals surface area contributed by atoms with Crippen LogP contribution in [0.25, 0.3) is 0 Å². The maximum Gasteiger partial charge on any atom is 0.0957 e. The number of nitrogens with one attached hydrogen (secondary N) is 1. The van der Waals surface area contributed by atoms with Gasteiger partial charge in [-0.1, -0.05) is 13.8 Å². The summed E-state index contributed by atoms with van der Waals surface area (Å²) in [4.78, 5) is 6.08. The standard InChI is InChI=1S/C13H24N2OS/c1-5-7-14-9-12-11(6-2)15-13(17-12)8-10(3)16-4/h10,14H,5-9H2,1-4H3. The number of aromatic nitrogens is 1. The van der Waals surface area contributed by atoms with Gasteiger partial charge in [-0.25, -0.2) is 4.98 Å². The van der Waals surface area contributed by atoms with E-state index in [2.05, 4.69) is 26.1 Å². The predicted octanol–water partition coefficient (Wildman–Crippen LogP) is 2.78. The van der Waals surface area contributed by atoms with E-state index >= 15 is 0 Å². The highest BCUT2D eigenvalue weighted by atomic mass is 32.1. The summed E-state index contributed by atoms with van der Waals surface area (Å²) in [6.07, 6.45) is 3.36. The van der Waals surface area contributed by atoms with Crippen LogP contribution in [0.3, 0.4) is 0 Å². The van der Waals surface area contributed by atoms with Crippen molar-refractivity contribution in [3.8, 4) is 0 Å². The minimum absolute atomic E-state index is 0.252. The topological polar surface area (TPSA) is 34.1 Å². The minimum Gasteiger partial charge on any atom is -0.381 e. The van der Waals surface area contributed by atoms with Gasteiger partial charge in [0.05, 0.1) is 16.8 Å². The zero-order valence-corrected chi connectivity index (χ0v) is 12.2. The third-order valence-corrected chi connectivity index (χ3v) is 3.85. The third-order valence-electron chi connectivity index (χ3n) is 2.73. The molecule has 17 heavy (non-hydrogen) atoms. The molecule has 0 saturated carbocycles. The number of aryl methyl sites for hydroxylation is 1. The Bertz CT molecular complexity index is 325. The highest BCUT2D eigenvalue weighted by molar-refractivity contribution is 7.11. The number of hydrogen-bond acceptors (Lipinski definition) is 4. The van der Waals surface area contributed by atoms with E-state index in [9.17, 15) is 0 Å². The molecule has 0 aliphatic rings. The number of thiazole rings is 1. The molecule has 1 aromatic rings. The summed E-state index contributed by atoms with van der Waals surface area (Å²) in [6.45, 7) is 8.47. The van der Waals surface area contributed by atoms with Crippen LogP contribution in [0.2, 0.25) is 0 Å². The quantitative estimate of drug-likeness (QED) is 0.726. The highest BCUT2D eigenvalue weighted by Crippen LogP contribution is 2.21. The Morgan fingerprint density at radius 3 is 2.76 bits per heavy atom. The Balaban J connectivity index is 2.62. The summed E-state index contributed by atoms with van der Waals surface area (Å²) in [7, 11) is 1.75. The summed E-state index contributed by atoms with van der Waals surface area (Å²) in [5.41, 5.74) is 1.25. The van der Waals surface area contributed by atoms with E-state index in [1.165, 1.54) is 22.0 Å². The van der Waals surface area contributed by atoms with Gasteiger partial charge >= 0.3 is 0 Å². The maximum atomic E-state index is 5.29. The van der Waals surface area contributed by atoms with Gasteiger partial charge in [0.1, 0.15) is 0 Å². The largest absolute Gasteiger partial charge is 0.381 e. The number of ether oxygens (including phenoxy) is 1. The lowest BCUT2D eigenvalue weighted by atomic mass is 10.2. The zero-order valence-electron chi connectivity index (χ0n) is 11.4. The number of nitrogens with zero attached hydrogens (tertiary/aromatic N) is 1. The van der Waals surface area contributed by atoms with Gasteiger partial charge in [-0.05, 0) is 26.3 Å². The molecule has 1 rings (SSSR count). The lowest BCUT2D eigenvalue weighted by Crippen LogP contribution is -2.13. The first kappa shape index (κ1) is 14.6. The van der Waals surface area contributed by atoms with Gasteiger partial charge in [0.15, 0.2) is 0 Å². The van der Waals surface area contributed by atoms with Crippen molar-refractivity contribution in [2.45, 2.75) is 52.7 Å². The van der Waals surface area contributed by atoms with E-state index in [0.717, 1.165) is 25.9 Å². The molecule has 1 N–H and O–H groups in total. The number of hydrogen-bond donors (Lipinski definition) is 1. The van der Waals surface area contributed by atoms with Crippen LogP contribution in [-0.2, 0) is 24.1 Å². The van der Waals surface area contributed by atoms with E-state index in [0.29, 0.717) is 0 Å². The smallest absolute Gasteiger partial charge is 0.0957 e. The Morgan fingerprint density at radius 2 is 2.18 bits per heavy atom. The minimum atomic E-state index is 0.252. The van der Waals surface area contributed by atoms with Gasteiger partial charge in [0.25, 0.3) is 0 Å². The SMILES string of the molecule is CCCNCc1sc(CC(C)OC)nc1CC. The summed E-state index contributed by atoms with van der Waals surface area (Å²) in [5.74, 6) is 0. The zero-order chi connectivity index (χ0) is 12.7. The van der Waals surface area contributed by atoms with Crippen molar-refractivity contribution in [2.24, 2.45) is 0 Å². The molecular formula is C13H24N2OS. The summed E-state index contributed by atoms with van der Waals surface area (Å²) in [5, 5.41) is 4.64. The van der Waals surface area contributed by atoms with E-state index in [4.69, 9.17) is 9.72 Å². The molecule has 0 aliphatic carbocycles.